The maximum absolute atomic E-state index is 11.4. The third-order valence-corrected chi connectivity index (χ3v) is 2.89. The molecule has 2 heteroatoms. The minimum Gasteiger partial charge on any atom is -0.466 e. The molecule has 1 aromatic carbocycles. The Morgan fingerprint density at radius 3 is 2.67 bits per heavy atom. The third kappa shape index (κ3) is 2.20. The van der Waals surface area contributed by atoms with Crippen LogP contribution in [0.1, 0.15) is 30.4 Å². The predicted octanol–water partition coefficient (Wildman–Crippen LogP) is 2.66. The van der Waals surface area contributed by atoms with Gasteiger partial charge in [-0.15, -0.1) is 0 Å². The van der Waals surface area contributed by atoms with Gasteiger partial charge in [0.15, 0.2) is 0 Å². The highest BCUT2D eigenvalue weighted by molar-refractivity contribution is 5.77. The number of hydrogen-bond acceptors (Lipinski definition) is 2. The largest absolute Gasteiger partial charge is 0.466 e. The average Bonchev–Trinajstić information content (AvgIpc) is 2.99. The van der Waals surface area contributed by atoms with Crippen LogP contribution >= 0.6 is 0 Å². The van der Waals surface area contributed by atoms with Gasteiger partial charge >= 0.3 is 5.97 Å². The first-order chi connectivity index (χ1) is 7.22. The van der Waals surface area contributed by atoms with E-state index in [9.17, 15) is 4.79 Å². The lowest BCUT2D eigenvalue weighted by atomic mass is 10.1. The van der Waals surface area contributed by atoms with Gasteiger partial charge < -0.3 is 4.74 Å². The molecule has 0 aliphatic heterocycles. The predicted molar refractivity (Wildman–Crippen MR) is 58.7 cm³/mol. The van der Waals surface area contributed by atoms with Crippen molar-refractivity contribution in [1.29, 1.82) is 0 Å². The summed E-state index contributed by atoms with van der Waals surface area (Å²) in [5.41, 5.74) is 2.52. The summed E-state index contributed by atoms with van der Waals surface area (Å²) in [7, 11) is 0. The minimum absolute atomic E-state index is 0.0388. The molecule has 1 aromatic rings. The van der Waals surface area contributed by atoms with Crippen LogP contribution in [-0.4, -0.2) is 12.6 Å². The van der Waals surface area contributed by atoms with Crippen LogP contribution in [0, 0.1) is 12.8 Å². The number of ether oxygens (including phenoxy) is 1. The lowest BCUT2D eigenvalue weighted by molar-refractivity contribution is -0.144. The van der Waals surface area contributed by atoms with E-state index in [0.29, 0.717) is 12.5 Å². The second-order valence-corrected chi connectivity index (χ2v) is 4.11. The molecule has 15 heavy (non-hydrogen) atoms. The Morgan fingerprint density at radius 1 is 1.40 bits per heavy atom. The van der Waals surface area contributed by atoms with E-state index in [1.54, 1.807) is 0 Å². The Bertz CT molecular complexity index is 353. The number of rotatable bonds is 3. The molecule has 0 bridgehead atoms. The summed E-state index contributed by atoms with van der Waals surface area (Å²) in [6.07, 6.45) is 0.946. The van der Waals surface area contributed by atoms with Gasteiger partial charge in [0.05, 0.1) is 12.5 Å². The number of carbonyl (C=O) groups excluding carboxylic acids is 1. The molecule has 0 amide bonds. The van der Waals surface area contributed by atoms with Gasteiger partial charge in [-0.2, -0.15) is 0 Å². The van der Waals surface area contributed by atoms with E-state index < -0.39 is 0 Å². The van der Waals surface area contributed by atoms with Crippen molar-refractivity contribution < 1.29 is 9.53 Å². The Labute approximate surface area is 90.3 Å². The fourth-order valence-corrected chi connectivity index (χ4v) is 1.89. The van der Waals surface area contributed by atoms with Gasteiger partial charge in [0, 0.05) is 0 Å². The molecule has 0 spiro atoms. The zero-order valence-electron chi connectivity index (χ0n) is 9.19. The summed E-state index contributed by atoms with van der Waals surface area (Å²) in [5.74, 6) is 0.459. The first-order valence-corrected chi connectivity index (χ1v) is 5.45. The number of aryl methyl sites for hydroxylation is 1. The topological polar surface area (TPSA) is 26.3 Å². The van der Waals surface area contributed by atoms with Crippen molar-refractivity contribution in [1.82, 2.24) is 0 Å². The normalized spacial score (nSPS) is 23.6. The average molecular weight is 204 g/mol. The van der Waals surface area contributed by atoms with Crippen LogP contribution in [0.5, 0.6) is 0 Å². The van der Waals surface area contributed by atoms with E-state index in [2.05, 4.69) is 31.2 Å². The second-order valence-electron chi connectivity index (χ2n) is 4.11. The smallest absolute Gasteiger partial charge is 0.309 e. The number of carbonyl (C=O) groups is 1. The second kappa shape index (κ2) is 4.05. The molecule has 0 N–H and O–H groups in total. The highest BCUT2D eigenvalue weighted by atomic mass is 16.5. The van der Waals surface area contributed by atoms with Crippen molar-refractivity contribution in [3.05, 3.63) is 35.4 Å². The van der Waals surface area contributed by atoms with Gasteiger partial charge in [-0.3, -0.25) is 4.79 Å². The summed E-state index contributed by atoms with van der Waals surface area (Å²) in [6, 6.07) is 8.41. The zero-order chi connectivity index (χ0) is 10.8. The quantitative estimate of drug-likeness (QED) is 0.707. The van der Waals surface area contributed by atoms with E-state index in [1.807, 2.05) is 6.92 Å². The standard InChI is InChI=1S/C13H16O2/c1-3-15-13(14)12-8-11(12)10-6-4-9(2)5-7-10/h4-7,11-12H,3,8H2,1-2H3. The molecule has 0 heterocycles. The monoisotopic (exact) mass is 204 g/mol. The van der Waals surface area contributed by atoms with Gasteiger partial charge in [-0.05, 0) is 31.7 Å². The number of hydrogen-bond donors (Lipinski definition) is 0. The van der Waals surface area contributed by atoms with Crippen molar-refractivity contribution in [2.75, 3.05) is 6.61 Å². The Hall–Kier alpha value is -1.31. The van der Waals surface area contributed by atoms with E-state index >= 15 is 0 Å². The van der Waals surface area contributed by atoms with Crippen molar-refractivity contribution in [2.24, 2.45) is 5.92 Å². The molecular weight excluding hydrogens is 188 g/mol. The van der Waals surface area contributed by atoms with E-state index in [4.69, 9.17) is 4.74 Å². The highest BCUT2D eigenvalue weighted by Crippen LogP contribution is 2.48. The van der Waals surface area contributed by atoms with E-state index in [1.165, 1.54) is 11.1 Å². The van der Waals surface area contributed by atoms with Gasteiger partial charge in [0.1, 0.15) is 0 Å². The summed E-state index contributed by atoms with van der Waals surface area (Å²) in [5, 5.41) is 0. The maximum Gasteiger partial charge on any atom is 0.309 e. The molecule has 2 nitrogen and oxygen atoms in total. The zero-order valence-corrected chi connectivity index (χ0v) is 9.19. The molecule has 0 saturated heterocycles. The molecule has 0 radical (unpaired) electrons. The van der Waals surface area contributed by atoms with Gasteiger partial charge in [0.25, 0.3) is 0 Å². The minimum atomic E-state index is -0.0388. The highest BCUT2D eigenvalue weighted by Gasteiger charge is 2.44. The molecule has 1 saturated carbocycles. The van der Waals surface area contributed by atoms with Crippen LogP contribution < -0.4 is 0 Å². The number of esters is 1. The molecule has 2 unspecified atom stereocenters. The summed E-state index contributed by atoms with van der Waals surface area (Å²) in [4.78, 5) is 11.4. The first-order valence-electron chi connectivity index (χ1n) is 5.45. The summed E-state index contributed by atoms with van der Waals surface area (Å²) in [6.45, 7) is 4.40. The lowest BCUT2D eigenvalue weighted by Gasteiger charge is -2.01. The number of benzene rings is 1. The SMILES string of the molecule is CCOC(=O)C1CC1c1ccc(C)cc1. The van der Waals surface area contributed by atoms with Crippen LogP contribution in [0.15, 0.2) is 24.3 Å². The lowest BCUT2D eigenvalue weighted by Crippen LogP contribution is -2.07. The summed E-state index contributed by atoms with van der Waals surface area (Å²) >= 11 is 0. The van der Waals surface area contributed by atoms with E-state index in [0.717, 1.165) is 6.42 Å². The summed E-state index contributed by atoms with van der Waals surface area (Å²) < 4.78 is 5.00. The van der Waals surface area contributed by atoms with Crippen molar-refractivity contribution in [2.45, 2.75) is 26.2 Å². The molecule has 0 aromatic heterocycles. The first kappa shape index (κ1) is 10.2. The Kier molecular flexibility index (Phi) is 2.76. The van der Waals surface area contributed by atoms with Crippen LogP contribution in [0.3, 0.4) is 0 Å². The van der Waals surface area contributed by atoms with Gasteiger partial charge in [0.2, 0.25) is 0 Å². The molecule has 1 fully saturated rings. The molecule has 2 rings (SSSR count). The third-order valence-electron chi connectivity index (χ3n) is 2.89. The van der Waals surface area contributed by atoms with Crippen molar-refractivity contribution in [3.63, 3.8) is 0 Å². The van der Waals surface area contributed by atoms with Crippen LogP contribution in [0.4, 0.5) is 0 Å². The van der Waals surface area contributed by atoms with Crippen molar-refractivity contribution >= 4 is 5.97 Å². The fraction of sp³-hybridized carbons (Fsp3) is 0.462. The van der Waals surface area contributed by atoms with Crippen LogP contribution in [-0.2, 0) is 9.53 Å². The molecule has 80 valence electrons. The fourth-order valence-electron chi connectivity index (χ4n) is 1.89. The van der Waals surface area contributed by atoms with Crippen molar-refractivity contribution in [3.8, 4) is 0 Å². The maximum atomic E-state index is 11.4. The van der Waals surface area contributed by atoms with Gasteiger partial charge in [-0.1, -0.05) is 29.8 Å². The molecule has 2 atom stereocenters. The molecule has 1 aliphatic carbocycles. The van der Waals surface area contributed by atoms with Crippen LogP contribution in [0.25, 0.3) is 0 Å². The molecular formula is C13H16O2. The molecule has 1 aliphatic rings. The Balaban J connectivity index is 1.98. The van der Waals surface area contributed by atoms with E-state index in [-0.39, 0.29) is 11.9 Å². The van der Waals surface area contributed by atoms with Crippen LogP contribution in [0.2, 0.25) is 0 Å². The Morgan fingerprint density at radius 2 is 2.07 bits per heavy atom. The van der Waals surface area contributed by atoms with Gasteiger partial charge in [-0.25, -0.2) is 0 Å².